The van der Waals surface area contributed by atoms with E-state index in [4.69, 9.17) is 42.6 Å². The van der Waals surface area contributed by atoms with E-state index in [2.05, 4.69) is 33.8 Å². The van der Waals surface area contributed by atoms with E-state index in [0.29, 0.717) is 31.1 Å². The van der Waals surface area contributed by atoms with Crippen molar-refractivity contribution in [1.29, 1.82) is 0 Å². The first-order valence-corrected chi connectivity index (χ1v) is 19.7. The third-order valence-electron chi connectivity index (χ3n) is 11.5. The molecular formula is C39H78N4O6. The van der Waals surface area contributed by atoms with Crippen molar-refractivity contribution in [1.82, 2.24) is 0 Å². The Morgan fingerprint density at radius 1 is 1.08 bits per heavy atom. The topological polar surface area (TPSA) is 203 Å². The van der Waals surface area contributed by atoms with Gasteiger partial charge in [0, 0.05) is 31.3 Å². The van der Waals surface area contributed by atoms with Gasteiger partial charge in [0.15, 0.2) is 0 Å². The van der Waals surface area contributed by atoms with E-state index in [1.807, 2.05) is 0 Å². The molecule has 4 aliphatic carbocycles. The van der Waals surface area contributed by atoms with E-state index in [0.717, 1.165) is 121 Å². The van der Waals surface area contributed by atoms with E-state index in [-0.39, 0.29) is 24.8 Å². The Bertz CT molecular complexity index is 916. The molecule has 0 amide bonds. The number of unbranched alkanes of at least 4 members (excludes halogenated alkanes) is 1. The van der Waals surface area contributed by atoms with Crippen molar-refractivity contribution in [3.05, 3.63) is 11.6 Å². The van der Waals surface area contributed by atoms with Crippen molar-refractivity contribution in [3.8, 4) is 0 Å². The van der Waals surface area contributed by atoms with Crippen LogP contribution in [0.4, 0.5) is 0 Å². The number of ether oxygens (including phenoxy) is 2. The van der Waals surface area contributed by atoms with Crippen molar-refractivity contribution in [2.75, 3.05) is 39.6 Å². The van der Waals surface area contributed by atoms with Crippen LogP contribution in [0, 0.1) is 23.7 Å². The minimum absolute atomic E-state index is 0.0347. The van der Waals surface area contributed by atoms with Crippen molar-refractivity contribution in [3.63, 3.8) is 0 Å². The lowest BCUT2D eigenvalue weighted by Crippen LogP contribution is -2.51. The minimum Gasteiger partial charge on any atom is -0.394 e. The van der Waals surface area contributed by atoms with Crippen LogP contribution in [0.1, 0.15) is 137 Å². The van der Waals surface area contributed by atoms with Gasteiger partial charge >= 0.3 is 0 Å². The summed E-state index contributed by atoms with van der Waals surface area (Å²) in [4.78, 5) is 0. The molecule has 290 valence electrons. The molecule has 3 saturated carbocycles. The zero-order chi connectivity index (χ0) is 36.5. The molecule has 10 atom stereocenters. The maximum atomic E-state index is 10.5. The third kappa shape index (κ3) is 17.1. The second-order valence-corrected chi connectivity index (χ2v) is 16.6. The Morgan fingerprint density at radius 2 is 1.82 bits per heavy atom. The van der Waals surface area contributed by atoms with Gasteiger partial charge in [-0.1, -0.05) is 38.3 Å². The van der Waals surface area contributed by atoms with Crippen molar-refractivity contribution in [2.24, 2.45) is 46.6 Å². The summed E-state index contributed by atoms with van der Waals surface area (Å²) in [5.74, 6) is 2.89. The summed E-state index contributed by atoms with van der Waals surface area (Å²) in [5.41, 5.74) is 23.5. The number of aliphatic hydroxyl groups is 4. The van der Waals surface area contributed by atoms with Crippen LogP contribution >= 0.6 is 0 Å². The molecule has 49 heavy (non-hydrogen) atoms. The summed E-state index contributed by atoms with van der Waals surface area (Å²) in [5, 5.41) is 38.3. The molecule has 1 heterocycles. The number of nitrogens with two attached hydrogens (primary N) is 4. The fraction of sp³-hybridized carbons (Fsp3) is 0.949. The lowest BCUT2D eigenvalue weighted by atomic mass is 9.71. The molecule has 2 bridgehead atoms. The maximum Gasteiger partial charge on any atom is 0.0895 e. The predicted octanol–water partition coefficient (Wildman–Crippen LogP) is 4.28. The minimum atomic E-state index is -0.489. The molecule has 0 radical (unpaired) electrons. The van der Waals surface area contributed by atoms with Gasteiger partial charge in [-0.25, -0.2) is 0 Å². The SMILES string of the molecule is C/C1=C\CC2(N)CCCC(O)(CCC1)C2.CC(N)CC1CCC2C(C)C2C(O)C1.CCCCOCC(O)CN.NC1(CO)CCCCOC1. The Morgan fingerprint density at radius 3 is 2.49 bits per heavy atom. The molecule has 0 aromatic carbocycles. The quantitative estimate of drug-likeness (QED) is 0.127. The summed E-state index contributed by atoms with van der Waals surface area (Å²) in [6, 6.07) is 0.291. The van der Waals surface area contributed by atoms with E-state index < -0.39 is 17.2 Å². The fourth-order valence-electron chi connectivity index (χ4n) is 8.31. The first kappa shape index (κ1) is 44.5. The van der Waals surface area contributed by atoms with Crippen LogP contribution in [-0.2, 0) is 9.47 Å². The van der Waals surface area contributed by atoms with Crippen LogP contribution in [0.5, 0.6) is 0 Å². The molecule has 10 nitrogen and oxygen atoms in total. The Kier molecular flexibility index (Phi) is 20.4. The highest BCUT2D eigenvalue weighted by molar-refractivity contribution is 5.08. The van der Waals surface area contributed by atoms with Gasteiger partial charge in [0.25, 0.3) is 0 Å². The Balaban J connectivity index is 0.000000231. The van der Waals surface area contributed by atoms with Crippen molar-refractivity contribution >= 4 is 0 Å². The van der Waals surface area contributed by atoms with Gasteiger partial charge in [-0.15, -0.1) is 0 Å². The molecular weight excluding hydrogens is 620 g/mol. The molecule has 0 aromatic heterocycles. The molecule has 0 spiro atoms. The number of hydrogen-bond acceptors (Lipinski definition) is 10. The number of hydrogen-bond donors (Lipinski definition) is 8. The van der Waals surface area contributed by atoms with Gasteiger partial charge in [-0.05, 0) is 134 Å². The summed E-state index contributed by atoms with van der Waals surface area (Å²) in [6.07, 6.45) is 19.6. The molecule has 5 aliphatic rings. The molecule has 4 fully saturated rings. The Labute approximate surface area is 299 Å². The second kappa shape index (κ2) is 22.4. The van der Waals surface area contributed by atoms with Crippen LogP contribution in [0.3, 0.4) is 0 Å². The molecule has 0 aromatic rings. The zero-order valence-corrected chi connectivity index (χ0v) is 31.8. The van der Waals surface area contributed by atoms with Gasteiger partial charge in [0.1, 0.15) is 0 Å². The zero-order valence-electron chi connectivity index (χ0n) is 31.8. The standard InChI is InChI=1S/C13H23NO.C12H23NO.C7H15NO2.C7H17NO2/c1-11-4-2-7-13(15)8-3-6-12(14,10-13)9-5-11;1-7(13)5-9-3-4-10-8(2)12(10)11(14)6-9;8-7(5-9)3-1-2-4-10-6-7;1-2-3-4-10-6-7(9)5-8/h5,15H,2-4,6-10,14H2,1H3;7-12,14H,3-6,13H2,1-2H3;9H,1-6,8H2;7,9H,2-6,8H2,1H3/b11-5+;;;. The first-order chi connectivity index (χ1) is 23.2. The molecule has 1 aliphatic heterocycles. The molecule has 10 heteroatoms. The lowest BCUT2D eigenvalue weighted by Gasteiger charge is -2.42. The smallest absolute Gasteiger partial charge is 0.0895 e. The van der Waals surface area contributed by atoms with Crippen LogP contribution in [0.15, 0.2) is 11.6 Å². The van der Waals surface area contributed by atoms with E-state index >= 15 is 0 Å². The van der Waals surface area contributed by atoms with Crippen LogP contribution in [0.2, 0.25) is 0 Å². The average molecular weight is 699 g/mol. The normalized spacial score (nSPS) is 38.1. The lowest BCUT2D eigenvalue weighted by molar-refractivity contribution is -0.0306. The van der Waals surface area contributed by atoms with E-state index in [1.165, 1.54) is 18.4 Å². The maximum absolute atomic E-state index is 10.5. The average Bonchev–Trinajstić information content (AvgIpc) is 3.79. The third-order valence-corrected chi connectivity index (χ3v) is 11.5. The van der Waals surface area contributed by atoms with Crippen LogP contribution < -0.4 is 22.9 Å². The number of allylic oxidation sites excluding steroid dienone is 1. The monoisotopic (exact) mass is 699 g/mol. The van der Waals surface area contributed by atoms with Gasteiger partial charge in [-0.2, -0.15) is 0 Å². The molecule has 12 N–H and O–H groups in total. The van der Waals surface area contributed by atoms with E-state index in [1.54, 1.807) is 0 Å². The van der Waals surface area contributed by atoms with Crippen LogP contribution in [-0.4, -0.2) is 94.9 Å². The van der Waals surface area contributed by atoms with E-state index in [9.17, 15) is 10.2 Å². The second-order valence-electron chi connectivity index (χ2n) is 16.6. The highest BCUT2D eigenvalue weighted by atomic mass is 16.5. The van der Waals surface area contributed by atoms with Gasteiger partial charge in [0.2, 0.25) is 0 Å². The predicted molar refractivity (Wildman–Crippen MR) is 200 cm³/mol. The molecule has 5 rings (SSSR count). The fourth-order valence-corrected chi connectivity index (χ4v) is 8.31. The Hall–Kier alpha value is -0.660. The highest BCUT2D eigenvalue weighted by Crippen LogP contribution is 2.55. The van der Waals surface area contributed by atoms with Crippen molar-refractivity contribution < 1.29 is 29.9 Å². The summed E-state index contributed by atoms with van der Waals surface area (Å²) in [7, 11) is 0. The van der Waals surface area contributed by atoms with Gasteiger partial charge < -0.3 is 52.8 Å². The molecule has 1 saturated heterocycles. The van der Waals surface area contributed by atoms with Crippen LogP contribution in [0.25, 0.3) is 0 Å². The number of fused-ring (bicyclic) bond motifs is 3. The summed E-state index contributed by atoms with van der Waals surface area (Å²) in [6.45, 7) is 11.3. The summed E-state index contributed by atoms with van der Waals surface area (Å²) < 4.78 is 10.3. The van der Waals surface area contributed by atoms with Gasteiger partial charge in [0.05, 0.1) is 43.2 Å². The van der Waals surface area contributed by atoms with Crippen molar-refractivity contribution in [2.45, 2.75) is 172 Å². The molecule has 10 unspecified atom stereocenters. The highest BCUT2D eigenvalue weighted by Gasteiger charge is 2.52. The number of rotatable bonds is 9. The largest absolute Gasteiger partial charge is 0.394 e. The summed E-state index contributed by atoms with van der Waals surface area (Å²) >= 11 is 0. The number of aliphatic hydroxyl groups excluding tert-OH is 3. The first-order valence-electron chi connectivity index (χ1n) is 19.7. The van der Waals surface area contributed by atoms with Gasteiger partial charge in [-0.3, -0.25) is 0 Å².